The van der Waals surface area contributed by atoms with Crippen LogP contribution in [0.4, 0.5) is 5.69 Å². The molecule has 1 aliphatic rings. The SMILES string of the molecule is CCOC(=O)[C@H]1[C@H](c2ccc(OC)cc2)CC(=O)N1c1ccc(OC)cc1. The van der Waals surface area contributed by atoms with Crippen molar-refractivity contribution in [2.45, 2.75) is 25.3 Å². The van der Waals surface area contributed by atoms with Gasteiger partial charge in [-0.05, 0) is 48.9 Å². The molecule has 2 aromatic rings. The van der Waals surface area contributed by atoms with Gasteiger partial charge in [0.1, 0.15) is 17.5 Å². The summed E-state index contributed by atoms with van der Waals surface area (Å²) in [6, 6.07) is 13.8. The Morgan fingerprint density at radius 3 is 2.07 bits per heavy atom. The third kappa shape index (κ3) is 3.74. The molecule has 0 N–H and O–H groups in total. The average Bonchev–Trinajstić information content (AvgIpc) is 3.05. The van der Waals surface area contributed by atoms with Gasteiger partial charge in [0.2, 0.25) is 5.91 Å². The number of ether oxygens (including phenoxy) is 3. The molecule has 0 saturated carbocycles. The Bertz CT molecular complexity index is 800. The Hall–Kier alpha value is -3.02. The molecular weight excluding hydrogens is 346 g/mol. The number of carbonyl (C=O) groups excluding carboxylic acids is 2. The molecule has 0 aromatic heterocycles. The molecule has 6 nitrogen and oxygen atoms in total. The lowest BCUT2D eigenvalue weighted by Crippen LogP contribution is -2.42. The van der Waals surface area contributed by atoms with E-state index in [2.05, 4.69) is 0 Å². The van der Waals surface area contributed by atoms with Gasteiger partial charge < -0.3 is 14.2 Å². The van der Waals surface area contributed by atoms with Crippen molar-refractivity contribution < 1.29 is 23.8 Å². The van der Waals surface area contributed by atoms with Gasteiger partial charge in [0.05, 0.1) is 20.8 Å². The maximum atomic E-state index is 12.8. The summed E-state index contributed by atoms with van der Waals surface area (Å²) >= 11 is 0. The summed E-state index contributed by atoms with van der Waals surface area (Å²) in [6.07, 6.45) is 0.238. The van der Waals surface area contributed by atoms with Gasteiger partial charge in [-0.15, -0.1) is 0 Å². The molecule has 0 radical (unpaired) electrons. The monoisotopic (exact) mass is 369 g/mol. The molecule has 1 fully saturated rings. The van der Waals surface area contributed by atoms with Gasteiger partial charge in [0.25, 0.3) is 0 Å². The zero-order valence-corrected chi connectivity index (χ0v) is 15.7. The molecule has 1 saturated heterocycles. The molecule has 3 rings (SSSR count). The van der Waals surface area contributed by atoms with Gasteiger partial charge in [-0.2, -0.15) is 0 Å². The second-order valence-corrected chi connectivity index (χ2v) is 6.24. The fourth-order valence-electron chi connectivity index (χ4n) is 3.43. The number of benzene rings is 2. The minimum Gasteiger partial charge on any atom is -0.497 e. The summed E-state index contributed by atoms with van der Waals surface area (Å²) in [5.41, 5.74) is 1.55. The number of rotatable bonds is 6. The third-order valence-corrected chi connectivity index (χ3v) is 4.75. The fourth-order valence-corrected chi connectivity index (χ4v) is 3.43. The highest BCUT2D eigenvalue weighted by atomic mass is 16.5. The zero-order chi connectivity index (χ0) is 19.4. The van der Waals surface area contributed by atoms with E-state index in [0.717, 1.165) is 11.3 Å². The van der Waals surface area contributed by atoms with Crippen LogP contribution in [0.2, 0.25) is 0 Å². The van der Waals surface area contributed by atoms with Crippen LogP contribution < -0.4 is 14.4 Å². The van der Waals surface area contributed by atoms with Gasteiger partial charge in [0, 0.05) is 18.0 Å². The van der Waals surface area contributed by atoms with Gasteiger partial charge in [-0.1, -0.05) is 12.1 Å². The fraction of sp³-hybridized carbons (Fsp3) is 0.333. The molecule has 0 spiro atoms. The minimum atomic E-state index is -0.709. The van der Waals surface area contributed by atoms with Gasteiger partial charge >= 0.3 is 5.97 Å². The zero-order valence-electron chi connectivity index (χ0n) is 15.7. The van der Waals surface area contributed by atoms with Crippen LogP contribution >= 0.6 is 0 Å². The topological polar surface area (TPSA) is 65.1 Å². The third-order valence-electron chi connectivity index (χ3n) is 4.75. The number of anilines is 1. The highest BCUT2D eigenvalue weighted by molar-refractivity contribution is 6.04. The normalized spacial score (nSPS) is 19.1. The Kier molecular flexibility index (Phi) is 5.64. The predicted octanol–water partition coefficient (Wildman–Crippen LogP) is 3.16. The smallest absolute Gasteiger partial charge is 0.329 e. The van der Waals surface area contributed by atoms with Gasteiger partial charge in [-0.3, -0.25) is 9.69 Å². The van der Waals surface area contributed by atoms with E-state index >= 15 is 0 Å². The summed E-state index contributed by atoms with van der Waals surface area (Å²) < 4.78 is 15.7. The van der Waals surface area contributed by atoms with Crippen LogP contribution in [0, 0.1) is 0 Å². The van der Waals surface area contributed by atoms with Crippen LogP contribution in [0.3, 0.4) is 0 Å². The lowest BCUT2D eigenvalue weighted by Gasteiger charge is -2.27. The van der Waals surface area contributed by atoms with Crippen LogP contribution in [0.25, 0.3) is 0 Å². The van der Waals surface area contributed by atoms with Gasteiger partial charge in [-0.25, -0.2) is 4.79 Å². The quantitative estimate of drug-likeness (QED) is 0.732. The average molecular weight is 369 g/mol. The second kappa shape index (κ2) is 8.12. The first-order valence-electron chi connectivity index (χ1n) is 8.85. The van der Waals surface area contributed by atoms with Crippen molar-refractivity contribution in [1.82, 2.24) is 0 Å². The number of carbonyl (C=O) groups is 2. The number of amides is 1. The van der Waals surface area contributed by atoms with Crippen molar-refractivity contribution in [1.29, 1.82) is 0 Å². The number of esters is 1. The summed E-state index contributed by atoms with van der Waals surface area (Å²) in [5, 5.41) is 0. The van der Waals surface area contributed by atoms with Crippen molar-refractivity contribution in [3.63, 3.8) is 0 Å². The summed E-state index contributed by atoms with van der Waals surface area (Å²) in [7, 11) is 3.18. The Morgan fingerprint density at radius 2 is 1.56 bits per heavy atom. The van der Waals surface area contributed by atoms with E-state index < -0.39 is 12.0 Å². The molecular formula is C21H23NO5. The molecule has 2 aromatic carbocycles. The number of nitrogens with zero attached hydrogens (tertiary/aromatic N) is 1. The van der Waals surface area contributed by atoms with Crippen LogP contribution in [0.15, 0.2) is 48.5 Å². The number of hydrogen-bond donors (Lipinski definition) is 0. The van der Waals surface area contributed by atoms with E-state index in [9.17, 15) is 9.59 Å². The second-order valence-electron chi connectivity index (χ2n) is 6.24. The molecule has 1 heterocycles. The molecule has 1 amide bonds. The Balaban J connectivity index is 1.98. The van der Waals surface area contributed by atoms with Crippen LogP contribution in [0.1, 0.15) is 24.8 Å². The standard InChI is InChI=1S/C21H23NO5/c1-4-27-21(24)20-18(14-5-9-16(25-2)10-6-14)13-19(23)22(20)15-7-11-17(26-3)12-8-15/h5-12,18,20H,4,13H2,1-3H3/t18-,20+/m0/s1. The first kappa shape index (κ1) is 18.8. The maximum absolute atomic E-state index is 12.8. The first-order valence-corrected chi connectivity index (χ1v) is 8.85. The maximum Gasteiger partial charge on any atom is 0.329 e. The summed E-state index contributed by atoms with van der Waals surface area (Å²) in [4.78, 5) is 27.1. The van der Waals surface area contributed by atoms with Crippen molar-refractivity contribution in [2.24, 2.45) is 0 Å². The number of hydrogen-bond acceptors (Lipinski definition) is 5. The Morgan fingerprint density at radius 1 is 1.00 bits per heavy atom. The largest absolute Gasteiger partial charge is 0.497 e. The molecule has 142 valence electrons. The molecule has 0 aliphatic carbocycles. The van der Waals surface area contributed by atoms with E-state index in [1.165, 1.54) is 4.90 Å². The van der Waals surface area contributed by atoms with Crippen LogP contribution in [-0.2, 0) is 14.3 Å². The number of methoxy groups -OCH3 is 2. The lowest BCUT2D eigenvalue weighted by molar-refractivity contribution is -0.145. The molecule has 0 bridgehead atoms. The highest BCUT2D eigenvalue weighted by Gasteiger charge is 2.46. The summed E-state index contributed by atoms with van der Waals surface area (Å²) in [5.74, 6) is 0.608. The van der Waals surface area contributed by atoms with E-state index in [1.54, 1.807) is 45.4 Å². The van der Waals surface area contributed by atoms with Crippen molar-refractivity contribution >= 4 is 17.6 Å². The van der Waals surface area contributed by atoms with E-state index in [0.29, 0.717) is 11.4 Å². The molecule has 27 heavy (non-hydrogen) atoms. The predicted molar refractivity (Wildman–Crippen MR) is 101 cm³/mol. The molecule has 0 unspecified atom stereocenters. The lowest BCUT2D eigenvalue weighted by atomic mass is 9.91. The van der Waals surface area contributed by atoms with Crippen LogP contribution in [-0.4, -0.2) is 38.7 Å². The van der Waals surface area contributed by atoms with Crippen molar-refractivity contribution in [3.05, 3.63) is 54.1 Å². The van der Waals surface area contributed by atoms with Crippen LogP contribution in [0.5, 0.6) is 11.5 Å². The van der Waals surface area contributed by atoms with E-state index in [1.807, 2.05) is 24.3 Å². The van der Waals surface area contributed by atoms with E-state index in [-0.39, 0.29) is 24.9 Å². The highest BCUT2D eigenvalue weighted by Crippen LogP contribution is 2.39. The van der Waals surface area contributed by atoms with Gasteiger partial charge in [0.15, 0.2) is 0 Å². The van der Waals surface area contributed by atoms with Crippen molar-refractivity contribution in [2.75, 3.05) is 25.7 Å². The van der Waals surface area contributed by atoms with Crippen molar-refractivity contribution in [3.8, 4) is 11.5 Å². The Labute approximate surface area is 158 Å². The minimum absolute atomic E-state index is 0.112. The van der Waals surface area contributed by atoms with E-state index in [4.69, 9.17) is 14.2 Å². The molecule has 2 atom stereocenters. The first-order chi connectivity index (χ1) is 13.1. The summed E-state index contributed by atoms with van der Waals surface area (Å²) in [6.45, 7) is 2.02. The molecule has 1 aliphatic heterocycles. The molecule has 6 heteroatoms.